The first-order chi connectivity index (χ1) is 17.7. The number of hydrogen-bond donors (Lipinski definition) is 1. The van der Waals surface area contributed by atoms with Gasteiger partial charge in [0.05, 0.1) is 11.1 Å². The molecular weight excluding hydrogens is 483 g/mol. The molecule has 0 saturated heterocycles. The minimum atomic E-state index is -4.48. The van der Waals surface area contributed by atoms with Gasteiger partial charge in [-0.2, -0.15) is 13.2 Å². The Morgan fingerprint density at radius 2 is 1.59 bits per heavy atom. The van der Waals surface area contributed by atoms with E-state index in [4.69, 9.17) is 4.42 Å². The molecule has 0 aliphatic heterocycles. The summed E-state index contributed by atoms with van der Waals surface area (Å²) >= 11 is 0. The van der Waals surface area contributed by atoms with Crippen molar-refractivity contribution in [1.29, 1.82) is 0 Å². The van der Waals surface area contributed by atoms with Crippen molar-refractivity contribution in [2.75, 3.05) is 0 Å². The number of carboxylic acids is 1. The van der Waals surface area contributed by atoms with Gasteiger partial charge in [-0.1, -0.05) is 69.1 Å². The molecule has 0 bridgehead atoms. The standard InChI is InChI=1S/C29H30F3NO4/c1-2-3-4-5-6-7-8-9-10-23-20-37-26-16-13-22(17-25(23)26)19-33(27(34)28(35)36)18-21-11-14-24(15-12-21)29(30,31)32/h11-17,20H,2-8,18-19H2,1H3,(H,35,36). The zero-order valence-electron chi connectivity index (χ0n) is 20.7. The molecule has 2 aromatic carbocycles. The molecule has 3 aromatic rings. The van der Waals surface area contributed by atoms with Crippen LogP contribution in [0.1, 0.15) is 74.1 Å². The largest absolute Gasteiger partial charge is 0.474 e. The van der Waals surface area contributed by atoms with Gasteiger partial charge in [-0.05, 0) is 41.8 Å². The number of carbonyl (C=O) groups is 2. The number of carboxylic acid groups (broad SMARTS) is 1. The van der Waals surface area contributed by atoms with Gasteiger partial charge >= 0.3 is 18.1 Å². The molecule has 0 saturated carbocycles. The Morgan fingerprint density at radius 3 is 2.27 bits per heavy atom. The number of fused-ring (bicyclic) bond motifs is 1. The molecule has 1 aromatic heterocycles. The van der Waals surface area contributed by atoms with E-state index in [0.29, 0.717) is 22.3 Å². The molecule has 0 aliphatic carbocycles. The number of halogens is 3. The number of carbonyl (C=O) groups excluding carboxylic acids is 1. The summed E-state index contributed by atoms with van der Waals surface area (Å²) in [5.41, 5.74) is 1.54. The Morgan fingerprint density at radius 1 is 0.946 bits per heavy atom. The Bertz CT molecular complexity index is 1270. The zero-order chi connectivity index (χ0) is 26.8. The molecule has 8 heteroatoms. The van der Waals surface area contributed by atoms with Gasteiger partial charge in [0, 0.05) is 24.9 Å². The van der Waals surface area contributed by atoms with Gasteiger partial charge in [-0.25, -0.2) is 4.79 Å². The van der Waals surface area contributed by atoms with E-state index in [-0.39, 0.29) is 13.1 Å². The summed E-state index contributed by atoms with van der Waals surface area (Å²) in [7, 11) is 0. The summed E-state index contributed by atoms with van der Waals surface area (Å²) in [6.07, 6.45) is 5.00. The summed E-state index contributed by atoms with van der Waals surface area (Å²) < 4.78 is 44.1. The Hall–Kier alpha value is -3.73. The van der Waals surface area contributed by atoms with Gasteiger partial charge in [0.15, 0.2) is 0 Å². The molecule has 3 rings (SSSR count). The lowest BCUT2D eigenvalue weighted by atomic mass is 10.1. The van der Waals surface area contributed by atoms with Crippen molar-refractivity contribution < 1.29 is 32.3 Å². The normalized spacial score (nSPS) is 11.2. The van der Waals surface area contributed by atoms with Gasteiger partial charge in [-0.15, -0.1) is 0 Å². The van der Waals surface area contributed by atoms with Crippen molar-refractivity contribution in [1.82, 2.24) is 4.90 Å². The average Bonchev–Trinajstić information content (AvgIpc) is 3.26. The minimum absolute atomic E-state index is 0.0437. The van der Waals surface area contributed by atoms with Crippen LogP contribution < -0.4 is 0 Å². The maximum atomic E-state index is 12.9. The Labute approximate surface area is 214 Å². The van der Waals surface area contributed by atoms with E-state index in [1.54, 1.807) is 24.5 Å². The lowest BCUT2D eigenvalue weighted by Gasteiger charge is -2.21. The lowest BCUT2D eigenvalue weighted by molar-refractivity contribution is -0.156. The van der Waals surface area contributed by atoms with Crippen LogP contribution in [0.2, 0.25) is 0 Å². The third-order valence-electron chi connectivity index (χ3n) is 6.01. The van der Waals surface area contributed by atoms with Crippen LogP contribution >= 0.6 is 0 Å². The summed E-state index contributed by atoms with van der Waals surface area (Å²) in [6.45, 7) is 1.99. The SMILES string of the molecule is CCCCCCCCC#Cc1coc2ccc(CN(Cc3ccc(C(F)(F)F)cc3)C(=O)C(=O)O)cc12. The van der Waals surface area contributed by atoms with Crippen LogP contribution in [0.5, 0.6) is 0 Å². The quantitative estimate of drug-likeness (QED) is 0.177. The van der Waals surface area contributed by atoms with Crippen molar-refractivity contribution in [3.05, 3.63) is 71.0 Å². The molecule has 196 valence electrons. The molecule has 0 radical (unpaired) electrons. The van der Waals surface area contributed by atoms with E-state index in [9.17, 15) is 27.9 Å². The van der Waals surface area contributed by atoms with E-state index in [1.165, 1.54) is 37.8 Å². The van der Waals surface area contributed by atoms with E-state index >= 15 is 0 Å². The molecular formula is C29H30F3NO4. The fraction of sp³-hybridized carbons (Fsp3) is 0.379. The number of hydrogen-bond acceptors (Lipinski definition) is 3. The fourth-order valence-electron chi connectivity index (χ4n) is 4.00. The third-order valence-corrected chi connectivity index (χ3v) is 6.01. The highest BCUT2D eigenvalue weighted by molar-refractivity contribution is 6.31. The molecule has 0 spiro atoms. The first kappa shape index (κ1) is 27.9. The van der Waals surface area contributed by atoms with Crippen LogP contribution in [-0.4, -0.2) is 21.9 Å². The first-order valence-corrected chi connectivity index (χ1v) is 12.4. The highest BCUT2D eigenvalue weighted by Gasteiger charge is 2.30. The molecule has 0 unspecified atom stereocenters. The van der Waals surface area contributed by atoms with Crippen molar-refractivity contribution in [3.63, 3.8) is 0 Å². The lowest BCUT2D eigenvalue weighted by Crippen LogP contribution is -2.35. The molecule has 37 heavy (non-hydrogen) atoms. The minimum Gasteiger partial charge on any atom is -0.474 e. The predicted octanol–water partition coefficient (Wildman–Crippen LogP) is 7.17. The molecule has 0 fully saturated rings. The van der Waals surface area contributed by atoms with Crippen LogP contribution in [0.25, 0.3) is 11.0 Å². The Balaban J connectivity index is 1.72. The maximum Gasteiger partial charge on any atom is 0.416 e. The van der Waals surface area contributed by atoms with Gasteiger partial charge < -0.3 is 14.4 Å². The molecule has 0 aliphatic rings. The number of unbranched alkanes of at least 4 members (excludes halogenated alkanes) is 6. The average molecular weight is 514 g/mol. The number of alkyl halides is 3. The second kappa shape index (κ2) is 13.0. The van der Waals surface area contributed by atoms with Gasteiger partial charge in [0.2, 0.25) is 0 Å². The fourth-order valence-corrected chi connectivity index (χ4v) is 4.00. The van der Waals surface area contributed by atoms with Crippen LogP contribution in [0.3, 0.4) is 0 Å². The van der Waals surface area contributed by atoms with Crippen molar-refractivity contribution in [2.24, 2.45) is 0 Å². The van der Waals surface area contributed by atoms with Crippen LogP contribution in [0.4, 0.5) is 13.2 Å². The molecule has 1 amide bonds. The first-order valence-electron chi connectivity index (χ1n) is 12.4. The Kier molecular flexibility index (Phi) is 9.78. The number of amides is 1. The number of furan rings is 1. The van der Waals surface area contributed by atoms with E-state index < -0.39 is 23.6 Å². The topological polar surface area (TPSA) is 70.8 Å². The second-order valence-electron chi connectivity index (χ2n) is 8.96. The van der Waals surface area contributed by atoms with Crippen LogP contribution in [-0.2, 0) is 28.9 Å². The number of rotatable bonds is 10. The maximum absolute atomic E-state index is 12.9. The molecule has 5 nitrogen and oxygen atoms in total. The predicted molar refractivity (Wildman–Crippen MR) is 134 cm³/mol. The monoisotopic (exact) mass is 513 g/mol. The summed E-state index contributed by atoms with van der Waals surface area (Å²) in [6, 6.07) is 9.53. The highest BCUT2D eigenvalue weighted by Crippen LogP contribution is 2.29. The van der Waals surface area contributed by atoms with E-state index in [2.05, 4.69) is 18.8 Å². The molecule has 1 N–H and O–H groups in total. The molecule has 1 heterocycles. The highest BCUT2D eigenvalue weighted by atomic mass is 19.4. The number of nitrogens with zero attached hydrogens (tertiary/aromatic N) is 1. The number of aliphatic carboxylic acids is 1. The smallest absolute Gasteiger partial charge is 0.416 e. The van der Waals surface area contributed by atoms with Crippen molar-refractivity contribution >= 4 is 22.8 Å². The number of benzene rings is 2. The van der Waals surface area contributed by atoms with Crippen molar-refractivity contribution in [2.45, 2.75) is 71.1 Å². The summed E-state index contributed by atoms with van der Waals surface area (Å²) in [5.74, 6) is 3.53. The van der Waals surface area contributed by atoms with Crippen LogP contribution in [0.15, 0.2) is 53.1 Å². The van der Waals surface area contributed by atoms with E-state index in [1.807, 2.05) is 0 Å². The van der Waals surface area contributed by atoms with Crippen LogP contribution in [0, 0.1) is 11.8 Å². The van der Waals surface area contributed by atoms with Gasteiger partial charge in [0.1, 0.15) is 11.8 Å². The third kappa shape index (κ3) is 8.14. The zero-order valence-corrected chi connectivity index (χ0v) is 20.7. The van der Waals surface area contributed by atoms with Gasteiger partial charge in [-0.3, -0.25) is 4.79 Å². The molecule has 0 atom stereocenters. The van der Waals surface area contributed by atoms with Gasteiger partial charge in [0.25, 0.3) is 0 Å². The second-order valence-corrected chi connectivity index (χ2v) is 8.96. The summed E-state index contributed by atoms with van der Waals surface area (Å²) in [5, 5.41) is 10.0. The summed E-state index contributed by atoms with van der Waals surface area (Å²) in [4.78, 5) is 24.8. The van der Waals surface area contributed by atoms with Crippen molar-refractivity contribution in [3.8, 4) is 11.8 Å². The van der Waals surface area contributed by atoms with E-state index in [0.717, 1.165) is 41.7 Å².